The molecule has 1 aliphatic carbocycles. The molecular weight excluding hydrogens is 687 g/mol. The van der Waals surface area contributed by atoms with E-state index in [-0.39, 0.29) is 11.8 Å². The van der Waals surface area contributed by atoms with E-state index in [4.69, 9.17) is 4.74 Å². The van der Waals surface area contributed by atoms with Gasteiger partial charge in [-0.25, -0.2) is 23.5 Å². The molecule has 0 radical (unpaired) electrons. The van der Waals surface area contributed by atoms with Gasteiger partial charge in [-0.1, -0.05) is 89.8 Å². The lowest BCUT2D eigenvalue weighted by atomic mass is 9.73. The molecule has 2 heterocycles. The van der Waals surface area contributed by atoms with Crippen LogP contribution in [0.15, 0.2) is 73.1 Å². The molecule has 2 amide bonds. The molecule has 276 valence electrons. The second-order valence-corrected chi connectivity index (χ2v) is 15.6. The molecule has 1 saturated carbocycles. The lowest BCUT2D eigenvalue weighted by Crippen LogP contribution is -2.68. The summed E-state index contributed by atoms with van der Waals surface area (Å²) in [6.45, 7) is 8.95. The number of carboxylic acids is 1. The zero-order valence-corrected chi connectivity index (χ0v) is 30.8. The molecule has 0 unspecified atom stereocenters. The highest BCUT2D eigenvalue weighted by Crippen LogP contribution is 2.46. The van der Waals surface area contributed by atoms with Crippen LogP contribution in [-0.2, 0) is 21.4 Å². The average molecular weight is 733 g/mol. The quantitative estimate of drug-likeness (QED) is 0.0990. The van der Waals surface area contributed by atoms with E-state index in [0.717, 1.165) is 33.7 Å². The Bertz CT molecular complexity index is 1830. The van der Waals surface area contributed by atoms with E-state index < -0.39 is 48.1 Å². The number of carbonyl (C=O) groups excluding carboxylic acids is 2. The van der Waals surface area contributed by atoms with Crippen LogP contribution in [0.4, 0.5) is 8.78 Å². The third-order valence-electron chi connectivity index (χ3n) is 9.09. The molecule has 3 N–H and O–H groups in total. The maximum Gasteiger partial charge on any atom is 0.329 e. The molecule has 0 spiro atoms. The number of carbonyl (C=O) groups is 3. The molecule has 2 aromatic carbocycles. The second-order valence-electron chi connectivity index (χ2n) is 14.5. The standard InChI is InChI=1S/C40H46F2N4O5S/c1-5-6-7-8-9-20-51-30-16-14-27(15-17-30)29-22-43-34(44-23-29)28-12-10-26(11-13-28)21-31(35(47)46-39(37(49)50)24-40(41,42)25-39)45-36(48)32-18-19-33(52-32)38(2,3)4/h10-19,22-23,31H,5-9,20-21,24-25H2,1-4H3,(H,45,48)(H,46,47)(H,49,50)/t31-/m0/s1. The van der Waals surface area contributed by atoms with Crippen molar-refractivity contribution in [1.29, 1.82) is 0 Å². The molecule has 0 bridgehead atoms. The number of hydrogen-bond acceptors (Lipinski definition) is 7. The average Bonchev–Trinajstić information content (AvgIpc) is 3.61. The molecule has 0 saturated heterocycles. The van der Waals surface area contributed by atoms with Gasteiger partial charge < -0.3 is 20.5 Å². The Labute approximate surface area is 307 Å². The molecule has 52 heavy (non-hydrogen) atoms. The SMILES string of the molecule is CCCCCCCOc1ccc(-c2cnc(-c3ccc(C[C@H](NC(=O)c4ccc(C(C)(C)C)s4)C(=O)NC4(C(=O)O)CC(F)(F)C4)cc3)nc2)cc1. The predicted octanol–water partition coefficient (Wildman–Crippen LogP) is 8.23. The van der Waals surface area contributed by atoms with E-state index >= 15 is 0 Å². The first-order chi connectivity index (χ1) is 24.7. The maximum atomic E-state index is 13.8. The van der Waals surface area contributed by atoms with E-state index in [0.29, 0.717) is 22.9 Å². The van der Waals surface area contributed by atoms with Gasteiger partial charge in [0.2, 0.25) is 5.91 Å². The molecule has 2 aromatic heterocycles. The van der Waals surface area contributed by atoms with E-state index in [9.17, 15) is 28.3 Å². The number of aliphatic carboxylic acids is 1. The van der Waals surface area contributed by atoms with Crippen molar-refractivity contribution < 1.29 is 33.0 Å². The number of rotatable bonds is 16. The van der Waals surface area contributed by atoms with Crippen LogP contribution in [0.25, 0.3) is 22.5 Å². The van der Waals surface area contributed by atoms with Gasteiger partial charge in [-0.05, 0) is 47.2 Å². The van der Waals surface area contributed by atoms with Crippen molar-refractivity contribution in [2.75, 3.05) is 6.61 Å². The molecular formula is C40H46F2N4O5S. The van der Waals surface area contributed by atoms with E-state index in [1.165, 1.54) is 37.0 Å². The number of aromatic nitrogens is 2. The first-order valence-electron chi connectivity index (χ1n) is 17.7. The number of nitrogens with zero attached hydrogens (tertiary/aromatic N) is 2. The van der Waals surface area contributed by atoms with Gasteiger partial charge in [-0.2, -0.15) is 0 Å². The van der Waals surface area contributed by atoms with E-state index in [2.05, 4.69) is 27.5 Å². The van der Waals surface area contributed by atoms with Crippen molar-refractivity contribution >= 4 is 29.1 Å². The molecule has 5 rings (SSSR count). The summed E-state index contributed by atoms with van der Waals surface area (Å²) >= 11 is 1.29. The van der Waals surface area contributed by atoms with Gasteiger partial charge in [0.05, 0.1) is 11.5 Å². The van der Waals surface area contributed by atoms with Crippen LogP contribution in [0, 0.1) is 0 Å². The Hall–Kier alpha value is -4.71. The minimum Gasteiger partial charge on any atom is -0.494 e. The van der Waals surface area contributed by atoms with Crippen LogP contribution < -0.4 is 15.4 Å². The van der Waals surface area contributed by atoms with Gasteiger partial charge in [0.1, 0.15) is 17.3 Å². The van der Waals surface area contributed by atoms with Gasteiger partial charge >= 0.3 is 5.97 Å². The van der Waals surface area contributed by atoms with Crippen molar-refractivity contribution in [2.24, 2.45) is 0 Å². The van der Waals surface area contributed by atoms with Gasteiger partial charge in [0, 0.05) is 47.7 Å². The summed E-state index contributed by atoms with van der Waals surface area (Å²) in [5.74, 6) is -4.81. The van der Waals surface area contributed by atoms with Crippen LogP contribution in [0.1, 0.15) is 92.8 Å². The van der Waals surface area contributed by atoms with Crippen molar-refractivity contribution in [2.45, 2.75) is 102 Å². The zero-order valence-electron chi connectivity index (χ0n) is 30.0. The summed E-state index contributed by atoms with van der Waals surface area (Å²) in [5.41, 5.74) is 0.869. The van der Waals surface area contributed by atoms with Crippen molar-refractivity contribution in [3.63, 3.8) is 0 Å². The highest BCUT2D eigenvalue weighted by atomic mass is 32.1. The largest absolute Gasteiger partial charge is 0.494 e. The summed E-state index contributed by atoms with van der Waals surface area (Å²) < 4.78 is 33.5. The number of amides is 2. The number of thiophene rings is 1. The Morgan fingerprint density at radius 3 is 2.10 bits per heavy atom. The van der Waals surface area contributed by atoms with Crippen LogP contribution in [0.2, 0.25) is 0 Å². The highest BCUT2D eigenvalue weighted by molar-refractivity contribution is 7.14. The number of unbranched alkanes of at least 4 members (excludes halogenated alkanes) is 4. The number of halogens is 2. The molecule has 1 fully saturated rings. The Morgan fingerprint density at radius 2 is 1.52 bits per heavy atom. The highest BCUT2D eigenvalue weighted by Gasteiger charge is 2.62. The Kier molecular flexibility index (Phi) is 12.1. The molecule has 9 nitrogen and oxygen atoms in total. The van der Waals surface area contributed by atoms with Gasteiger partial charge in [-0.3, -0.25) is 9.59 Å². The van der Waals surface area contributed by atoms with Crippen molar-refractivity contribution in [3.8, 4) is 28.3 Å². The third kappa shape index (κ3) is 9.78. The number of nitrogens with one attached hydrogen (secondary N) is 2. The third-order valence-corrected chi connectivity index (χ3v) is 10.6. The fourth-order valence-corrected chi connectivity index (χ4v) is 7.01. The Balaban J connectivity index is 1.25. The molecule has 12 heteroatoms. The van der Waals surface area contributed by atoms with Crippen molar-refractivity contribution in [1.82, 2.24) is 20.6 Å². The van der Waals surface area contributed by atoms with Crippen LogP contribution >= 0.6 is 11.3 Å². The number of alkyl halides is 2. The summed E-state index contributed by atoms with van der Waals surface area (Å²) in [4.78, 5) is 49.2. The van der Waals surface area contributed by atoms with E-state index in [1.807, 2.05) is 51.1 Å². The number of ether oxygens (including phenoxy) is 1. The van der Waals surface area contributed by atoms with Gasteiger partial charge in [0.25, 0.3) is 11.8 Å². The predicted molar refractivity (Wildman–Crippen MR) is 198 cm³/mol. The molecule has 0 aliphatic heterocycles. The lowest BCUT2D eigenvalue weighted by molar-refractivity contribution is -0.179. The summed E-state index contributed by atoms with van der Waals surface area (Å²) in [6.07, 6.45) is 7.35. The normalized spacial score (nSPS) is 15.3. The monoisotopic (exact) mass is 732 g/mol. The summed E-state index contributed by atoms with van der Waals surface area (Å²) in [7, 11) is 0. The van der Waals surface area contributed by atoms with Crippen LogP contribution in [0.5, 0.6) is 5.75 Å². The van der Waals surface area contributed by atoms with Gasteiger partial charge in [-0.15, -0.1) is 11.3 Å². The van der Waals surface area contributed by atoms with Crippen LogP contribution in [0.3, 0.4) is 0 Å². The lowest BCUT2D eigenvalue weighted by Gasteiger charge is -2.44. The summed E-state index contributed by atoms with van der Waals surface area (Å²) in [5, 5.41) is 14.7. The minimum atomic E-state index is -3.20. The zero-order chi connectivity index (χ0) is 37.5. The number of carboxylic acid groups (broad SMARTS) is 1. The Morgan fingerprint density at radius 1 is 0.885 bits per heavy atom. The fourth-order valence-electron chi connectivity index (χ4n) is 6.04. The van der Waals surface area contributed by atoms with Crippen LogP contribution in [-0.4, -0.2) is 57.0 Å². The smallest absolute Gasteiger partial charge is 0.329 e. The van der Waals surface area contributed by atoms with E-state index in [1.54, 1.807) is 42.7 Å². The van der Waals surface area contributed by atoms with Gasteiger partial charge in [0.15, 0.2) is 5.82 Å². The number of hydrogen-bond donors (Lipinski definition) is 3. The van der Waals surface area contributed by atoms with Crippen molar-refractivity contribution in [3.05, 3.63) is 88.4 Å². The number of benzene rings is 2. The fraction of sp³-hybridized carbons (Fsp3) is 0.425. The minimum absolute atomic E-state index is 0.0141. The first-order valence-corrected chi connectivity index (χ1v) is 18.5. The molecule has 4 aromatic rings. The molecule has 1 atom stereocenters. The second kappa shape index (κ2) is 16.3. The first kappa shape index (κ1) is 38.5. The molecule has 1 aliphatic rings. The summed E-state index contributed by atoms with van der Waals surface area (Å²) in [6, 6.07) is 17.2. The maximum absolute atomic E-state index is 13.8. The topological polar surface area (TPSA) is 131 Å².